The van der Waals surface area contributed by atoms with Crippen molar-refractivity contribution in [3.05, 3.63) is 102 Å². The van der Waals surface area contributed by atoms with Gasteiger partial charge in [0.15, 0.2) is 0 Å². The smallest absolute Gasteiger partial charge is 0.307 e. The molecule has 0 radical (unpaired) electrons. The summed E-state index contributed by atoms with van der Waals surface area (Å²) in [5, 5.41) is 9.19. The molecule has 3 aromatic carbocycles. The number of carboxylic acid groups (broad SMARTS) is 1. The van der Waals surface area contributed by atoms with Crippen LogP contribution in [0.2, 0.25) is 0 Å². The van der Waals surface area contributed by atoms with Crippen LogP contribution < -0.4 is 0 Å². The quantitative estimate of drug-likeness (QED) is 0.597. The van der Waals surface area contributed by atoms with Crippen molar-refractivity contribution in [2.45, 2.75) is 17.4 Å². The molecule has 0 saturated carbocycles. The van der Waals surface area contributed by atoms with E-state index in [9.17, 15) is 18.3 Å². The molecule has 1 heterocycles. The van der Waals surface area contributed by atoms with Gasteiger partial charge in [0.1, 0.15) is 0 Å². The first-order valence-electron chi connectivity index (χ1n) is 10.6. The molecule has 0 aromatic heterocycles. The Balaban J connectivity index is 1.59. The van der Waals surface area contributed by atoms with Crippen LogP contribution in [0.25, 0.3) is 0 Å². The second-order valence-corrected chi connectivity index (χ2v) is 9.82. The van der Waals surface area contributed by atoms with Crippen LogP contribution in [0.4, 0.5) is 0 Å². The number of hydrogen-bond donors (Lipinski definition) is 1. The molecule has 166 valence electrons. The van der Waals surface area contributed by atoms with E-state index in [0.717, 1.165) is 16.7 Å². The van der Waals surface area contributed by atoms with Gasteiger partial charge in [-0.3, -0.25) is 9.69 Å². The third-order valence-electron chi connectivity index (χ3n) is 5.76. The average Bonchev–Trinajstić information content (AvgIpc) is 2.81. The van der Waals surface area contributed by atoms with Crippen molar-refractivity contribution in [2.75, 3.05) is 26.2 Å². The summed E-state index contributed by atoms with van der Waals surface area (Å²) in [7, 11) is -3.52. The molecule has 1 aliphatic rings. The second kappa shape index (κ2) is 9.65. The summed E-state index contributed by atoms with van der Waals surface area (Å²) in [6, 6.07) is 26.2. The number of nitrogens with zero attached hydrogens (tertiary/aromatic N) is 2. The minimum absolute atomic E-state index is 0.0293. The molecule has 1 saturated heterocycles. The molecule has 6 nitrogen and oxygen atoms in total. The Morgan fingerprint density at radius 2 is 1.41 bits per heavy atom. The number of hydrogen-bond acceptors (Lipinski definition) is 4. The van der Waals surface area contributed by atoms with Crippen LogP contribution in [0, 0.1) is 0 Å². The van der Waals surface area contributed by atoms with E-state index in [1.807, 2.05) is 42.5 Å². The minimum Gasteiger partial charge on any atom is -0.481 e. The molecule has 1 unspecified atom stereocenters. The van der Waals surface area contributed by atoms with E-state index >= 15 is 0 Å². The lowest BCUT2D eigenvalue weighted by Crippen LogP contribution is -2.49. The Labute approximate surface area is 188 Å². The third kappa shape index (κ3) is 4.91. The zero-order chi connectivity index (χ0) is 22.6. The van der Waals surface area contributed by atoms with Gasteiger partial charge in [-0.05, 0) is 28.8 Å². The van der Waals surface area contributed by atoms with Crippen LogP contribution >= 0.6 is 0 Å². The fourth-order valence-electron chi connectivity index (χ4n) is 4.24. The van der Waals surface area contributed by atoms with Crippen LogP contribution in [0.15, 0.2) is 89.8 Å². The Kier molecular flexibility index (Phi) is 6.69. The molecular weight excluding hydrogens is 424 g/mol. The van der Waals surface area contributed by atoms with E-state index in [0.29, 0.717) is 31.1 Å². The first-order chi connectivity index (χ1) is 15.4. The van der Waals surface area contributed by atoms with Crippen molar-refractivity contribution >= 4 is 16.0 Å². The minimum atomic E-state index is -3.52. The maximum Gasteiger partial charge on any atom is 0.307 e. The Morgan fingerprint density at radius 3 is 2.03 bits per heavy atom. The highest BCUT2D eigenvalue weighted by Gasteiger charge is 2.32. The van der Waals surface area contributed by atoms with Crippen molar-refractivity contribution < 1.29 is 18.3 Å². The van der Waals surface area contributed by atoms with Crippen molar-refractivity contribution in [1.29, 1.82) is 0 Å². The van der Waals surface area contributed by atoms with Crippen molar-refractivity contribution in [1.82, 2.24) is 9.21 Å². The standard InChI is InChI=1S/C25H26N2O4S/c28-24(29)19-20-8-7-11-22(18-20)25(21-9-3-1-4-10-21)26-14-16-27(17-15-26)32(30,31)23-12-5-2-6-13-23/h1-13,18,25H,14-17,19H2,(H,28,29). The molecule has 1 atom stereocenters. The van der Waals surface area contributed by atoms with Crippen LogP contribution in [-0.4, -0.2) is 54.9 Å². The van der Waals surface area contributed by atoms with Gasteiger partial charge in [0.25, 0.3) is 0 Å². The number of sulfonamides is 1. The molecule has 32 heavy (non-hydrogen) atoms. The molecule has 0 bridgehead atoms. The van der Waals surface area contributed by atoms with Gasteiger partial charge in [0.2, 0.25) is 10.0 Å². The average molecular weight is 451 g/mol. The lowest BCUT2D eigenvalue weighted by molar-refractivity contribution is -0.136. The van der Waals surface area contributed by atoms with Gasteiger partial charge in [-0.2, -0.15) is 4.31 Å². The van der Waals surface area contributed by atoms with Gasteiger partial charge in [-0.15, -0.1) is 0 Å². The summed E-state index contributed by atoms with van der Waals surface area (Å²) in [5.41, 5.74) is 2.86. The zero-order valence-corrected chi connectivity index (χ0v) is 18.5. The maximum absolute atomic E-state index is 13.0. The number of carboxylic acids is 1. The van der Waals surface area contributed by atoms with E-state index in [1.54, 1.807) is 34.6 Å². The highest BCUT2D eigenvalue weighted by Crippen LogP contribution is 2.31. The van der Waals surface area contributed by atoms with Gasteiger partial charge in [-0.25, -0.2) is 8.42 Å². The molecule has 1 aliphatic heterocycles. The Bertz CT molecular complexity index is 1160. The summed E-state index contributed by atoms with van der Waals surface area (Å²) in [5.74, 6) is -0.863. The molecule has 7 heteroatoms. The first kappa shape index (κ1) is 22.2. The lowest BCUT2D eigenvalue weighted by atomic mass is 9.94. The predicted molar refractivity (Wildman–Crippen MR) is 123 cm³/mol. The summed E-state index contributed by atoms with van der Waals surface area (Å²) in [6.07, 6.45) is -0.0293. The highest BCUT2D eigenvalue weighted by atomic mass is 32.2. The first-order valence-corrected chi connectivity index (χ1v) is 12.0. The van der Waals surface area contributed by atoms with Crippen LogP contribution in [0.5, 0.6) is 0 Å². The number of aliphatic carboxylic acids is 1. The highest BCUT2D eigenvalue weighted by molar-refractivity contribution is 7.89. The summed E-state index contributed by atoms with van der Waals surface area (Å²) in [4.78, 5) is 13.8. The summed E-state index contributed by atoms with van der Waals surface area (Å²) in [6.45, 7) is 1.95. The fourth-order valence-corrected chi connectivity index (χ4v) is 5.68. The monoisotopic (exact) mass is 450 g/mol. The van der Waals surface area contributed by atoms with Gasteiger partial charge in [-0.1, -0.05) is 72.8 Å². The van der Waals surface area contributed by atoms with E-state index in [-0.39, 0.29) is 12.5 Å². The molecular formula is C25H26N2O4S. The normalized spacial score (nSPS) is 16.5. The topological polar surface area (TPSA) is 77.9 Å². The second-order valence-electron chi connectivity index (χ2n) is 7.88. The summed E-state index contributed by atoms with van der Waals surface area (Å²) < 4.78 is 27.5. The van der Waals surface area contributed by atoms with Crippen LogP contribution in [0.1, 0.15) is 22.7 Å². The van der Waals surface area contributed by atoms with Crippen LogP contribution in [-0.2, 0) is 21.2 Å². The predicted octanol–water partition coefficient (Wildman–Crippen LogP) is 3.41. The Hall–Kier alpha value is -3.00. The van der Waals surface area contributed by atoms with E-state index in [1.165, 1.54) is 0 Å². The third-order valence-corrected chi connectivity index (χ3v) is 7.67. The SMILES string of the molecule is O=C(O)Cc1cccc(C(c2ccccc2)N2CCN(S(=O)(=O)c3ccccc3)CC2)c1. The number of carbonyl (C=O) groups is 1. The molecule has 3 aromatic rings. The molecule has 1 fully saturated rings. The number of benzene rings is 3. The van der Waals surface area contributed by atoms with E-state index in [4.69, 9.17) is 0 Å². The van der Waals surface area contributed by atoms with Crippen molar-refractivity contribution in [3.8, 4) is 0 Å². The molecule has 0 amide bonds. The summed E-state index contributed by atoms with van der Waals surface area (Å²) >= 11 is 0. The fraction of sp³-hybridized carbons (Fsp3) is 0.240. The van der Waals surface area contributed by atoms with Gasteiger partial charge in [0.05, 0.1) is 17.4 Å². The molecule has 1 N–H and O–H groups in total. The van der Waals surface area contributed by atoms with Gasteiger partial charge in [0, 0.05) is 26.2 Å². The van der Waals surface area contributed by atoms with Gasteiger partial charge < -0.3 is 5.11 Å². The van der Waals surface area contributed by atoms with E-state index in [2.05, 4.69) is 17.0 Å². The van der Waals surface area contributed by atoms with Gasteiger partial charge >= 0.3 is 5.97 Å². The zero-order valence-electron chi connectivity index (χ0n) is 17.7. The van der Waals surface area contributed by atoms with Crippen LogP contribution in [0.3, 0.4) is 0 Å². The molecule has 4 rings (SSSR count). The molecule has 0 spiro atoms. The molecule has 0 aliphatic carbocycles. The van der Waals surface area contributed by atoms with E-state index < -0.39 is 16.0 Å². The number of rotatable bonds is 7. The van der Waals surface area contributed by atoms with Crippen molar-refractivity contribution in [3.63, 3.8) is 0 Å². The largest absolute Gasteiger partial charge is 0.481 e. The van der Waals surface area contributed by atoms with Crippen molar-refractivity contribution in [2.24, 2.45) is 0 Å². The Morgan fingerprint density at radius 1 is 0.812 bits per heavy atom. The maximum atomic E-state index is 13.0. The number of piperazine rings is 1. The lowest BCUT2D eigenvalue weighted by Gasteiger charge is -2.39.